The van der Waals surface area contributed by atoms with Crippen LogP contribution in [0.15, 0.2) is 55.0 Å². The Morgan fingerprint density at radius 3 is 2.86 bits per heavy atom. The number of hydrogen-bond acceptors (Lipinski definition) is 4. The molecule has 2 aliphatic heterocycles. The van der Waals surface area contributed by atoms with Crippen LogP contribution in [0.5, 0.6) is 0 Å². The van der Waals surface area contributed by atoms with Gasteiger partial charge in [-0.1, -0.05) is 18.2 Å². The maximum absolute atomic E-state index is 13.1. The first kappa shape index (κ1) is 17.8. The average Bonchev–Trinajstić information content (AvgIpc) is 3.28. The summed E-state index contributed by atoms with van der Waals surface area (Å²) in [5.74, 6) is 1.14. The molecule has 1 amide bonds. The first-order chi connectivity index (χ1) is 13.6. The molecule has 6 heteroatoms. The van der Waals surface area contributed by atoms with Gasteiger partial charge in [-0.2, -0.15) is 0 Å². The molecule has 0 radical (unpaired) electrons. The van der Waals surface area contributed by atoms with Gasteiger partial charge in [-0.15, -0.1) is 11.8 Å². The number of aryl methyl sites for hydroxylation is 1. The van der Waals surface area contributed by atoms with E-state index in [1.807, 2.05) is 64.8 Å². The molecule has 0 saturated carbocycles. The summed E-state index contributed by atoms with van der Waals surface area (Å²) >= 11 is 1.96. The molecule has 28 heavy (non-hydrogen) atoms. The van der Waals surface area contributed by atoms with E-state index < -0.39 is 0 Å². The highest BCUT2D eigenvalue weighted by Gasteiger charge is 2.51. The number of aromatic nitrogens is 2. The highest BCUT2D eigenvalue weighted by molar-refractivity contribution is 8.01. The van der Waals surface area contributed by atoms with Crippen LogP contribution in [-0.2, 0) is 18.4 Å². The number of thioether (sulfide) groups is 1. The van der Waals surface area contributed by atoms with Crippen molar-refractivity contribution in [2.75, 3.05) is 18.8 Å². The van der Waals surface area contributed by atoms with E-state index in [0.29, 0.717) is 6.61 Å². The van der Waals surface area contributed by atoms with Gasteiger partial charge in [0.25, 0.3) is 5.91 Å². The number of fused-ring (bicyclic) bond motifs is 1. The Hall–Kier alpha value is -2.31. The van der Waals surface area contributed by atoms with Crippen molar-refractivity contribution in [3.63, 3.8) is 0 Å². The van der Waals surface area contributed by atoms with Gasteiger partial charge in [0.1, 0.15) is 0 Å². The van der Waals surface area contributed by atoms with Crippen LogP contribution < -0.4 is 0 Å². The molecule has 1 atom stereocenters. The second kappa shape index (κ2) is 6.94. The molecule has 2 aromatic heterocycles. The zero-order valence-corrected chi connectivity index (χ0v) is 16.7. The van der Waals surface area contributed by atoms with Crippen LogP contribution in [0.2, 0.25) is 0 Å². The first-order valence-electron chi connectivity index (χ1n) is 9.61. The fourth-order valence-corrected chi connectivity index (χ4v) is 5.85. The number of pyridine rings is 1. The summed E-state index contributed by atoms with van der Waals surface area (Å²) in [6.07, 6.45) is 6.83. The fraction of sp³-hybridized carbons (Fsp3) is 0.364. The van der Waals surface area contributed by atoms with Gasteiger partial charge in [0.2, 0.25) is 0 Å². The molecule has 1 aromatic carbocycles. The Balaban J connectivity index is 1.21. The van der Waals surface area contributed by atoms with Gasteiger partial charge in [0.15, 0.2) is 0 Å². The number of para-hydroxylation sites is 1. The lowest BCUT2D eigenvalue weighted by atomic mass is 9.92. The molecule has 0 N–H and O–H groups in total. The smallest absolute Gasteiger partial charge is 0.256 e. The Morgan fingerprint density at radius 1 is 1.25 bits per heavy atom. The van der Waals surface area contributed by atoms with E-state index in [9.17, 15) is 4.79 Å². The van der Waals surface area contributed by atoms with Crippen LogP contribution in [0.3, 0.4) is 0 Å². The van der Waals surface area contributed by atoms with Gasteiger partial charge in [0.05, 0.1) is 23.0 Å². The van der Waals surface area contributed by atoms with Gasteiger partial charge < -0.3 is 14.2 Å². The lowest BCUT2D eigenvalue weighted by Gasteiger charge is -2.47. The van der Waals surface area contributed by atoms with Crippen molar-refractivity contribution in [3.05, 3.63) is 66.1 Å². The van der Waals surface area contributed by atoms with Crippen LogP contribution in [0.4, 0.5) is 0 Å². The van der Waals surface area contributed by atoms with Crippen molar-refractivity contribution in [1.29, 1.82) is 0 Å². The molecule has 2 saturated heterocycles. The maximum Gasteiger partial charge on any atom is 0.256 e. The van der Waals surface area contributed by atoms with Gasteiger partial charge in [-0.25, -0.2) is 0 Å². The lowest BCUT2D eigenvalue weighted by Crippen LogP contribution is -2.60. The third kappa shape index (κ3) is 3.10. The van der Waals surface area contributed by atoms with Crippen LogP contribution in [0, 0.1) is 0 Å². The molecule has 0 unspecified atom stereocenters. The minimum atomic E-state index is 0.143. The van der Waals surface area contributed by atoms with Gasteiger partial charge in [0, 0.05) is 55.4 Å². The molecule has 0 bridgehead atoms. The number of likely N-dealkylation sites (tertiary alicyclic amines) is 1. The normalized spacial score (nSPS) is 20.6. The zero-order chi connectivity index (χ0) is 19.1. The van der Waals surface area contributed by atoms with Crippen molar-refractivity contribution in [2.45, 2.75) is 23.9 Å². The molecule has 5 rings (SSSR count). The third-order valence-corrected chi connectivity index (χ3v) is 7.36. The Morgan fingerprint density at radius 2 is 2.04 bits per heavy atom. The summed E-state index contributed by atoms with van der Waals surface area (Å²) in [6, 6.07) is 12.1. The van der Waals surface area contributed by atoms with Crippen LogP contribution >= 0.6 is 11.8 Å². The van der Waals surface area contributed by atoms with Crippen molar-refractivity contribution in [3.8, 4) is 0 Å². The summed E-state index contributed by atoms with van der Waals surface area (Å²) in [5, 5.41) is 1.04. The van der Waals surface area contributed by atoms with E-state index in [1.54, 1.807) is 12.4 Å². The number of ether oxygens (including phenoxy) is 1. The predicted molar refractivity (Wildman–Crippen MR) is 111 cm³/mol. The third-order valence-electron chi connectivity index (χ3n) is 5.78. The number of nitrogens with zero attached hydrogens (tertiary/aromatic N) is 3. The highest BCUT2D eigenvalue weighted by atomic mass is 32.2. The number of carbonyl (C=O) groups is 1. The zero-order valence-electron chi connectivity index (χ0n) is 15.9. The number of rotatable bonds is 4. The van der Waals surface area contributed by atoms with Crippen molar-refractivity contribution in [2.24, 2.45) is 7.05 Å². The largest absolute Gasteiger partial charge is 0.373 e. The molecule has 0 aliphatic carbocycles. The monoisotopic (exact) mass is 393 g/mol. The molecule has 1 spiro atoms. The number of carbonyl (C=O) groups excluding carboxylic acids is 1. The molecule has 2 fully saturated rings. The number of hydrogen-bond donors (Lipinski definition) is 0. The predicted octanol–water partition coefficient (Wildman–Crippen LogP) is 3.49. The minimum absolute atomic E-state index is 0.143. The van der Waals surface area contributed by atoms with Gasteiger partial charge in [-0.05, 0) is 30.2 Å². The molecule has 4 heterocycles. The molecular formula is C22H23N3O2S. The standard InChI is InChI=1S/C22H23N3O2S/c1-24-11-19(18-4-2-3-5-20(18)24)21(26)25-14-22(15-25)10-17(13-28-22)27-12-16-6-8-23-9-7-16/h2-9,11,17H,10,12-15H2,1H3/t17-/m1/s1. The summed E-state index contributed by atoms with van der Waals surface area (Å²) in [5.41, 5.74) is 3.06. The van der Waals surface area contributed by atoms with Gasteiger partial charge in [-0.3, -0.25) is 9.78 Å². The number of amides is 1. The molecule has 5 nitrogen and oxygen atoms in total. The van der Waals surface area contributed by atoms with Crippen molar-refractivity contribution in [1.82, 2.24) is 14.5 Å². The van der Waals surface area contributed by atoms with E-state index in [2.05, 4.69) is 11.1 Å². The molecule has 144 valence electrons. The quantitative estimate of drug-likeness (QED) is 0.681. The second-order valence-corrected chi connectivity index (χ2v) is 9.31. The second-order valence-electron chi connectivity index (χ2n) is 7.82. The van der Waals surface area contributed by atoms with E-state index in [4.69, 9.17) is 4.74 Å². The van der Waals surface area contributed by atoms with Crippen molar-refractivity contribution >= 4 is 28.6 Å². The van der Waals surface area contributed by atoms with Crippen molar-refractivity contribution < 1.29 is 9.53 Å². The SMILES string of the molecule is Cn1cc(C(=O)N2CC3(C[C@@H](OCc4ccncc4)CS3)C2)c2ccccc21. The van der Waals surface area contributed by atoms with E-state index >= 15 is 0 Å². The van der Waals surface area contributed by atoms with Crippen LogP contribution in [0.25, 0.3) is 10.9 Å². The average molecular weight is 394 g/mol. The highest BCUT2D eigenvalue weighted by Crippen LogP contribution is 2.46. The first-order valence-corrected chi connectivity index (χ1v) is 10.6. The van der Waals surface area contributed by atoms with E-state index in [1.165, 1.54) is 0 Å². The summed E-state index contributed by atoms with van der Waals surface area (Å²) < 4.78 is 8.31. The van der Waals surface area contributed by atoms with Gasteiger partial charge >= 0.3 is 0 Å². The lowest BCUT2D eigenvalue weighted by molar-refractivity contribution is 0.0256. The summed E-state index contributed by atoms with van der Waals surface area (Å²) in [4.78, 5) is 19.1. The summed E-state index contributed by atoms with van der Waals surface area (Å²) in [6.45, 7) is 2.26. The van der Waals surface area contributed by atoms with E-state index in [-0.39, 0.29) is 16.8 Å². The molecular weight excluding hydrogens is 370 g/mol. The fourth-order valence-electron chi connectivity index (χ4n) is 4.30. The Labute approximate surface area is 168 Å². The molecule has 3 aromatic rings. The summed E-state index contributed by atoms with van der Waals surface area (Å²) in [7, 11) is 1.99. The topological polar surface area (TPSA) is 47.4 Å². The maximum atomic E-state index is 13.1. The van der Waals surface area contributed by atoms with E-state index in [0.717, 1.165) is 47.3 Å². The Kier molecular flexibility index (Phi) is 4.40. The number of benzene rings is 1. The Bertz CT molecular complexity index is 1010. The molecule has 2 aliphatic rings. The van der Waals surface area contributed by atoms with Crippen LogP contribution in [-0.4, -0.2) is 50.1 Å². The van der Waals surface area contributed by atoms with Crippen LogP contribution in [0.1, 0.15) is 22.3 Å². The minimum Gasteiger partial charge on any atom is -0.373 e.